The van der Waals surface area contributed by atoms with Crippen molar-refractivity contribution in [2.75, 3.05) is 11.9 Å². The molecule has 2 heterocycles. The maximum Gasteiger partial charge on any atom is 0.471 e. The van der Waals surface area contributed by atoms with E-state index in [2.05, 4.69) is 24.8 Å². The molecule has 0 bridgehead atoms. The first kappa shape index (κ1) is 24.2. The van der Waals surface area contributed by atoms with Crippen molar-refractivity contribution in [1.82, 2.24) is 19.6 Å². The maximum atomic E-state index is 13.6. The molecule has 0 radical (unpaired) electrons. The van der Waals surface area contributed by atoms with Gasteiger partial charge < -0.3 is 19.8 Å². The number of phosphoric ester groups is 1. The highest BCUT2D eigenvalue weighted by Crippen LogP contribution is 2.38. The number of carbonyl (C=O) groups excluding carboxylic acids is 1. The molecule has 0 saturated heterocycles. The van der Waals surface area contributed by atoms with Gasteiger partial charge in [0.15, 0.2) is 13.3 Å². The largest absolute Gasteiger partial charge is 0.471 e. The summed E-state index contributed by atoms with van der Waals surface area (Å²) in [6.07, 6.45) is -4.52. The van der Waals surface area contributed by atoms with E-state index in [-0.39, 0.29) is 23.9 Å². The average molecular weight is 485 g/mol. The fraction of sp³-hybridized carbons (Fsp3) is 0.562. The first-order chi connectivity index (χ1) is 14.8. The van der Waals surface area contributed by atoms with Crippen LogP contribution in [0.1, 0.15) is 41.4 Å². The number of alkyl halides is 4. The second-order valence-corrected chi connectivity index (χ2v) is 8.40. The summed E-state index contributed by atoms with van der Waals surface area (Å²) < 4.78 is 72.5. The second-order valence-electron chi connectivity index (χ2n) is 7.16. The van der Waals surface area contributed by atoms with Crippen LogP contribution in [0.4, 0.5) is 23.4 Å². The van der Waals surface area contributed by atoms with E-state index in [0.29, 0.717) is 18.5 Å². The highest BCUT2D eigenvalue weighted by molar-refractivity contribution is 7.46. The van der Waals surface area contributed by atoms with Gasteiger partial charge in [0.2, 0.25) is 5.88 Å². The van der Waals surface area contributed by atoms with Gasteiger partial charge in [-0.05, 0) is 19.3 Å². The number of ether oxygens (including phenoxy) is 1. The minimum absolute atomic E-state index is 0.0141. The molecule has 1 aliphatic rings. The molecule has 1 saturated carbocycles. The lowest BCUT2D eigenvalue weighted by Crippen LogP contribution is -2.19. The molecular weight excluding hydrogens is 465 g/mol. The standard InChI is InChI=1S/C16H20F4N5O6P/c1-24-12(6-14(23-24)30-7-16(18,19)20)15(26)21-13-5-11(9-2-3-10(17)4-9)22-25(13)8-31-32(27,28)29/h5-6,9-10H,2-4,7-8H2,1H3,(H,21,26)(H2,27,28,29)/t9-,10+/m1/s1. The third kappa shape index (κ3) is 6.51. The molecule has 16 heteroatoms. The molecular formula is C16H20F4N5O6P. The number of anilines is 1. The molecule has 0 unspecified atom stereocenters. The Morgan fingerprint density at radius 2 is 2.03 bits per heavy atom. The van der Waals surface area contributed by atoms with E-state index in [1.807, 2.05) is 0 Å². The van der Waals surface area contributed by atoms with Crippen LogP contribution >= 0.6 is 7.82 Å². The number of rotatable bonds is 8. The van der Waals surface area contributed by atoms with Crippen LogP contribution in [-0.2, 0) is 22.9 Å². The van der Waals surface area contributed by atoms with Crippen LogP contribution in [0.15, 0.2) is 12.1 Å². The topological polar surface area (TPSA) is 141 Å². The summed E-state index contributed by atoms with van der Waals surface area (Å²) in [7, 11) is -3.54. The number of hydrogen-bond donors (Lipinski definition) is 3. The van der Waals surface area contributed by atoms with E-state index >= 15 is 0 Å². The second kappa shape index (κ2) is 9.17. The molecule has 0 aromatic carbocycles. The lowest BCUT2D eigenvalue weighted by Gasteiger charge is -2.10. The number of halogens is 4. The van der Waals surface area contributed by atoms with Gasteiger partial charge >= 0.3 is 14.0 Å². The smallest absolute Gasteiger partial charge is 0.467 e. The molecule has 3 N–H and O–H groups in total. The molecule has 1 fully saturated rings. The Bertz CT molecular complexity index is 1020. The van der Waals surface area contributed by atoms with E-state index < -0.39 is 45.3 Å². The van der Waals surface area contributed by atoms with Crippen LogP contribution in [0.3, 0.4) is 0 Å². The predicted molar refractivity (Wildman–Crippen MR) is 99.6 cm³/mol. The van der Waals surface area contributed by atoms with Crippen molar-refractivity contribution in [2.45, 2.75) is 44.3 Å². The van der Waals surface area contributed by atoms with Crippen LogP contribution in [0, 0.1) is 0 Å². The number of hydrogen-bond acceptors (Lipinski definition) is 6. The zero-order valence-corrected chi connectivity index (χ0v) is 17.5. The van der Waals surface area contributed by atoms with Crippen molar-refractivity contribution in [2.24, 2.45) is 7.05 Å². The monoisotopic (exact) mass is 485 g/mol. The molecule has 3 rings (SSSR count). The summed E-state index contributed by atoms with van der Waals surface area (Å²) in [4.78, 5) is 30.5. The Kier molecular flexibility index (Phi) is 6.93. The summed E-state index contributed by atoms with van der Waals surface area (Å²) in [6, 6.07) is 2.42. The highest BCUT2D eigenvalue weighted by atomic mass is 31.2. The van der Waals surface area contributed by atoms with Crippen LogP contribution in [0.5, 0.6) is 5.88 Å². The number of aryl methyl sites for hydroxylation is 1. The summed E-state index contributed by atoms with van der Waals surface area (Å²) in [5.41, 5.74) is 0.242. The Hall–Kier alpha value is -2.48. The van der Waals surface area contributed by atoms with Crippen molar-refractivity contribution in [3.63, 3.8) is 0 Å². The number of phosphoric acid groups is 1. The highest BCUT2D eigenvalue weighted by Gasteiger charge is 2.30. The molecule has 2 aromatic heterocycles. The maximum absolute atomic E-state index is 13.6. The number of carbonyl (C=O) groups is 1. The van der Waals surface area contributed by atoms with E-state index in [1.165, 1.54) is 13.1 Å². The van der Waals surface area contributed by atoms with E-state index in [1.54, 1.807) is 0 Å². The molecule has 0 spiro atoms. The van der Waals surface area contributed by atoms with Gasteiger partial charge in [-0.15, -0.1) is 5.10 Å². The van der Waals surface area contributed by atoms with E-state index in [0.717, 1.165) is 15.4 Å². The fourth-order valence-electron chi connectivity index (χ4n) is 3.22. The molecule has 11 nitrogen and oxygen atoms in total. The first-order valence-electron chi connectivity index (χ1n) is 9.27. The van der Waals surface area contributed by atoms with Crippen molar-refractivity contribution in [3.8, 4) is 5.88 Å². The third-order valence-corrected chi connectivity index (χ3v) is 5.10. The summed E-state index contributed by atoms with van der Waals surface area (Å²) in [5, 5.41) is 10.3. The minimum atomic E-state index is -4.85. The molecule has 1 aliphatic carbocycles. The molecule has 2 aromatic rings. The fourth-order valence-corrected chi connectivity index (χ4v) is 3.48. The Balaban J connectivity index is 1.78. The zero-order valence-electron chi connectivity index (χ0n) is 16.6. The number of aromatic nitrogens is 4. The first-order valence-corrected chi connectivity index (χ1v) is 10.8. The molecule has 0 aliphatic heterocycles. The van der Waals surface area contributed by atoms with Crippen LogP contribution in [-0.4, -0.2) is 54.2 Å². The molecule has 1 amide bonds. The van der Waals surface area contributed by atoms with Gasteiger partial charge in [-0.2, -0.15) is 18.3 Å². The van der Waals surface area contributed by atoms with Crippen LogP contribution in [0.2, 0.25) is 0 Å². The number of nitrogens with zero attached hydrogens (tertiary/aromatic N) is 4. The van der Waals surface area contributed by atoms with Gasteiger partial charge in [0, 0.05) is 25.1 Å². The number of nitrogens with one attached hydrogen (secondary N) is 1. The zero-order chi connectivity index (χ0) is 23.7. The van der Waals surface area contributed by atoms with Crippen LogP contribution in [0.25, 0.3) is 0 Å². The lowest BCUT2D eigenvalue weighted by atomic mass is 10.0. The van der Waals surface area contributed by atoms with Crippen molar-refractivity contribution < 1.29 is 46.0 Å². The normalized spacial score (nSPS) is 19.3. The van der Waals surface area contributed by atoms with E-state index in [9.17, 15) is 26.9 Å². The summed E-state index contributed by atoms with van der Waals surface area (Å²) >= 11 is 0. The van der Waals surface area contributed by atoms with Crippen LogP contribution < -0.4 is 10.1 Å². The Labute approximate surface area is 178 Å². The summed E-state index contributed by atoms with van der Waals surface area (Å²) in [5.74, 6) is -1.50. The van der Waals surface area contributed by atoms with Crippen molar-refractivity contribution >= 4 is 19.5 Å². The Morgan fingerprint density at radius 1 is 1.31 bits per heavy atom. The Morgan fingerprint density at radius 3 is 2.62 bits per heavy atom. The number of amides is 1. The van der Waals surface area contributed by atoms with Crippen molar-refractivity contribution in [3.05, 3.63) is 23.5 Å². The minimum Gasteiger partial charge on any atom is -0.467 e. The quantitative estimate of drug-likeness (QED) is 0.383. The van der Waals surface area contributed by atoms with Gasteiger partial charge in [0.25, 0.3) is 5.91 Å². The van der Waals surface area contributed by atoms with E-state index in [4.69, 9.17) is 9.79 Å². The average Bonchev–Trinajstić information content (AvgIpc) is 3.35. The van der Waals surface area contributed by atoms with Gasteiger partial charge in [-0.3, -0.25) is 14.0 Å². The van der Waals surface area contributed by atoms with Gasteiger partial charge in [-0.1, -0.05) is 0 Å². The summed E-state index contributed by atoms with van der Waals surface area (Å²) in [6.45, 7) is -2.30. The lowest BCUT2D eigenvalue weighted by molar-refractivity contribution is -0.154. The van der Waals surface area contributed by atoms with Gasteiger partial charge in [0.1, 0.15) is 17.7 Å². The van der Waals surface area contributed by atoms with Gasteiger partial charge in [-0.25, -0.2) is 13.6 Å². The predicted octanol–water partition coefficient (Wildman–Crippen LogP) is 2.48. The van der Waals surface area contributed by atoms with Crippen molar-refractivity contribution in [1.29, 1.82) is 0 Å². The SMILES string of the molecule is Cn1nc(OCC(F)(F)F)cc1C(=O)Nc1cc([C@@H]2CC[C@H](F)C2)nn1COP(=O)(O)O. The molecule has 2 atom stereocenters. The van der Waals surface area contributed by atoms with Gasteiger partial charge in [0.05, 0.1) is 5.69 Å². The molecule has 178 valence electrons. The molecule has 32 heavy (non-hydrogen) atoms. The third-order valence-electron chi connectivity index (χ3n) is 4.65.